The summed E-state index contributed by atoms with van der Waals surface area (Å²) >= 11 is 0. The number of hydrogen-bond acceptors (Lipinski definition) is 2. The minimum Gasteiger partial charge on any atom is -0.496 e. The van der Waals surface area contributed by atoms with E-state index in [0.717, 1.165) is 52.2 Å². The van der Waals surface area contributed by atoms with Crippen LogP contribution in [0.2, 0.25) is 0 Å². The van der Waals surface area contributed by atoms with Crippen LogP contribution in [-0.4, -0.2) is 19.6 Å². The number of rotatable bonds is 5. The Hall–Kier alpha value is -2.55. The van der Waals surface area contributed by atoms with Crippen LogP contribution in [0, 0.1) is 6.92 Å². The number of benzene rings is 2. The topological polar surface area (TPSA) is 29.5 Å². The first-order valence-corrected chi connectivity index (χ1v) is 9.29. The zero-order chi connectivity index (χ0) is 18.8. The van der Waals surface area contributed by atoms with Crippen LogP contribution < -0.4 is 9.64 Å². The highest BCUT2D eigenvalue weighted by Gasteiger charge is 2.31. The third-order valence-corrected chi connectivity index (χ3v) is 4.95. The maximum absolute atomic E-state index is 13.0. The molecule has 2 aromatic carbocycles. The number of para-hydroxylation sites is 1. The molecule has 0 radical (unpaired) electrons. The fourth-order valence-electron chi connectivity index (χ4n) is 3.55. The van der Waals surface area contributed by atoms with Gasteiger partial charge in [0, 0.05) is 17.7 Å². The standard InChI is InChI=1S/C23H27NO2/c1-6-11-24-21-10-8-7-9-18(21)20(23(24)25)14-17-13-19(15(2)3)22(26-5)12-16(17)4/h7-10,12-15H,6,11H2,1-5H3/b20-14-. The SMILES string of the molecule is CCCN1C(=O)/C(=C\c2cc(C(C)C)c(OC)cc2C)c2ccccc21. The number of amides is 1. The van der Waals surface area contributed by atoms with Crippen molar-refractivity contribution in [2.75, 3.05) is 18.6 Å². The average molecular weight is 349 g/mol. The number of ether oxygens (including phenoxy) is 1. The van der Waals surface area contributed by atoms with Crippen LogP contribution in [0.25, 0.3) is 11.6 Å². The lowest BCUT2D eigenvalue weighted by molar-refractivity contribution is -0.113. The van der Waals surface area contributed by atoms with E-state index >= 15 is 0 Å². The van der Waals surface area contributed by atoms with Gasteiger partial charge in [-0.05, 0) is 60.2 Å². The van der Waals surface area contributed by atoms with Crippen molar-refractivity contribution in [3.8, 4) is 5.75 Å². The number of carbonyl (C=O) groups is 1. The molecular formula is C23H27NO2. The Morgan fingerprint density at radius 1 is 1.19 bits per heavy atom. The van der Waals surface area contributed by atoms with Gasteiger partial charge in [0.05, 0.1) is 12.8 Å². The fourth-order valence-corrected chi connectivity index (χ4v) is 3.55. The summed E-state index contributed by atoms with van der Waals surface area (Å²) in [5, 5.41) is 0. The molecule has 0 saturated heterocycles. The normalized spacial score (nSPS) is 15.1. The summed E-state index contributed by atoms with van der Waals surface area (Å²) in [6.07, 6.45) is 2.98. The Morgan fingerprint density at radius 3 is 2.58 bits per heavy atom. The Balaban J connectivity index is 2.13. The number of methoxy groups -OCH3 is 1. The van der Waals surface area contributed by atoms with Crippen molar-refractivity contribution in [1.29, 1.82) is 0 Å². The maximum Gasteiger partial charge on any atom is 0.258 e. The molecule has 3 rings (SSSR count). The van der Waals surface area contributed by atoms with Gasteiger partial charge in [0.2, 0.25) is 0 Å². The summed E-state index contributed by atoms with van der Waals surface area (Å²) in [5.74, 6) is 1.35. The van der Waals surface area contributed by atoms with Gasteiger partial charge in [0.25, 0.3) is 5.91 Å². The molecule has 0 bridgehead atoms. The van der Waals surface area contributed by atoms with E-state index in [9.17, 15) is 4.79 Å². The van der Waals surface area contributed by atoms with Gasteiger partial charge in [-0.2, -0.15) is 0 Å². The number of aryl methyl sites for hydroxylation is 1. The highest BCUT2D eigenvalue weighted by molar-refractivity contribution is 6.35. The Bertz CT molecular complexity index is 865. The molecule has 0 spiro atoms. The van der Waals surface area contributed by atoms with Gasteiger partial charge in [0.1, 0.15) is 5.75 Å². The first kappa shape index (κ1) is 18.2. The molecule has 0 saturated carbocycles. The molecule has 26 heavy (non-hydrogen) atoms. The monoisotopic (exact) mass is 349 g/mol. The second kappa shape index (κ2) is 7.36. The molecule has 0 aliphatic carbocycles. The smallest absolute Gasteiger partial charge is 0.258 e. The number of hydrogen-bond donors (Lipinski definition) is 0. The molecular weight excluding hydrogens is 322 g/mol. The molecule has 0 aromatic heterocycles. The van der Waals surface area contributed by atoms with E-state index in [0.29, 0.717) is 5.92 Å². The summed E-state index contributed by atoms with van der Waals surface area (Å²) in [5.41, 5.74) is 6.16. The zero-order valence-electron chi connectivity index (χ0n) is 16.3. The molecule has 0 N–H and O–H groups in total. The van der Waals surface area contributed by atoms with Crippen LogP contribution in [0.4, 0.5) is 5.69 Å². The van der Waals surface area contributed by atoms with Gasteiger partial charge >= 0.3 is 0 Å². The summed E-state index contributed by atoms with van der Waals surface area (Å²) < 4.78 is 5.54. The van der Waals surface area contributed by atoms with Crippen LogP contribution in [-0.2, 0) is 4.79 Å². The van der Waals surface area contributed by atoms with E-state index in [1.54, 1.807) is 7.11 Å². The molecule has 3 nitrogen and oxygen atoms in total. The van der Waals surface area contributed by atoms with Crippen molar-refractivity contribution in [3.05, 3.63) is 58.7 Å². The Labute approximate surface area is 156 Å². The number of fused-ring (bicyclic) bond motifs is 1. The second-order valence-corrected chi connectivity index (χ2v) is 7.14. The summed E-state index contributed by atoms with van der Waals surface area (Å²) in [6, 6.07) is 12.3. The van der Waals surface area contributed by atoms with Crippen LogP contribution >= 0.6 is 0 Å². The lowest BCUT2D eigenvalue weighted by Gasteiger charge is -2.16. The molecule has 136 valence electrons. The maximum atomic E-state index is 13.0. The van der Waals surface area contributed by atoms with E-state index in [2.05, 4.69) is 39.8 Å². The first-order valence-electron chi connectivity index (χ1n) is 9.29. The van der Waals surface area contributed by atoms with Crippen molar-refractivity contribution in [3.63, 3.8) is 0 Å². The van der Waals surface area contributed by atoms with E-state index in [1.165, 1.54) is 0 Å². The van der Waals surface area contributed by atoms with Gasteiger partial charge in [-0.15, -0.1) is 0 Å². The fraction of sp³-hybridized carbons (Fsp3) is 0.348. The van der Waals surface area contributed by atoms with Gasteiger partial charge < -0.3 is 9.64 Å². The third-order valence-electron chi connectivity index (χ3n) is 4.95. The van der Waals surface area contributed by atoms with Crippen LogP contribution in [0.15, 0.2) is 36.4 Å². The molecule has 2 aromatic rings. The summed E-state index contributed by atoms with van der Waals surface area (Å²) in [4.78, 5) is 14.9. The lowest BCUT2D eigenvalue weighted by Crippen LogP contribution is -2.26. The molecule has 1 aliphatic rings. The van der Waals surface area contributed by atoms with Gasteiger partial charge in [-0.3, -0.25) is 4.79 Å². The Morgan fingerprint density at radius 2 is 1.92 bits per heavy atom. The van der Waals surface area contributed by atoms with Gasteiger partial charge in [-0.25, -0.2) is 0 Å². The van der Waals surface area contributed by atoms with Crippen molar-refractivity contribution >= 4 is 23.2 Å². The molecule has 1 amide bonds. The quantitative estimate of drug-likeness (QED) is 0.674. The minimum atomic E-state index is 0.0920. The van der Waals surface area contributed by atoms with Crippen molar-refractivity contribution < 1.29 is 9.53 Å². The third kappa shape index (κ3) is 3.14. The van der Waals surface area contributed by atoms with Crippen molar-refractivity contribution in [2.24, 2.45) is 0 Å². The molecule has 1 heterocycles. The van der Waals surface area contributed by atoms with E-state index in [4.69, 9.17) is 4.74 Å². The number of anilines is 1. The van der Waals surface area contributed by atoms with E-state index in [-0.39, 0.29) is 5.91 Å². The largest absolute Gasteiger partial charge is 0.496 e. The van der Waals surface area contributed by atoms with Crippen molar-refractivity contribution in [2.45, 2.75) is 40.0 Å². The molecule has 0 atom stereocenters. The summed E-state index contributed by atoms with van der Waals surface area (Å²) in [6.45, 7) is 9.21. The highest BCUT2D eigenvalue weighted by atomic mass is 16.5. The van der Waals surface area contributed by atoms with Crippen LogP contribution in [0.5, 0.6) is 5.75 Å². The molecule has 1 aliphatic heterocycles. The lowest BCUT2D eigenvalue weighted by atomic mass is 9.94. The van der Waals surface area contributed by atoms with Crippen molar-refractivity contribution in [1.82, 2.24) is 0 Å². The molecule has 3 heteroatoms. The van der Waals surface area contributed by atoms with Crippen LogP contribution in [0.1, 0.15) is 55.4 Å². The average Bonchev–Trinajstić information content (AvgIpc) is 2.89. The zero-order valence-corrected chi connectivity index (χ0v) is 16.3. The van der Waals surface area contributed by atoms with Gasteiger partial charge in [0.15, 0.2) is 0 Å². The number of carbonyl (C=O) groups excluding carboxylic acids is 1. The number of nitrogens with zero attached hydrogens (tertiary/aromatic N) is 1. The summed E-state index contributed by atoms with van der Waals surface area (Å²) in [7, 11) is 1.71. The predicted octanol–water partition coefficient (Wildman–Crippen LogP) is 5.42. The van der Waals surface area contributed by atoms with E-state index in [1.807, 2.05) is 35.2 Å². The van der Waals surface area contributed by atoms with Gasteiger partial charge in [-0.1, -0.05) is 39.0 Å². The van der Waals surface area contributed by atoms with E-state index < -0.39 is 0 Å². The molecule has 0 fully saturated rings. The first-order chi connectivity index (χ1) is 12.5. The molecule has 0 unspecified atom stereocenters. The predicted molar refractivity (Wildman–Crippen MR) is 109 cm³/mol. The minimum absolute atomic E-state index is 0.0920. The Kier molecular flexibility index (Phi) is 5.17. The highest BCUT2D eigenvalue weighted by Crippen LogP contribution is 2.39. The second-order valence-electron chi connectivity index (χ2n) is 7.14. The van der Waals surface area contributed by atoms with Crippen LogP contribution in [0.3, 0.4) is 0 Å².